The second-order valence-electron chi connectivity index (χ2n) is 5.10. The summed E-state index contributed by atoms with van der Waals surface area (Å²) in [5.41, 5.74) is -1.25. The fourth-order valence-electron chi connectivity index (χ4n) is 3.23. The van der Waals surface area contributed by atoms with Crippen LogP contribution in [0, 0.1) is 11.8 Å². The molecular formula is C14H26O3. The second kappa shape index (κ2) is 6.39. The molecule has 1 N–H and O–H groups in total. The van der Waals surface area contributed by atoms with E-state index in [2.05, 4.69) is 6.92 Å². The van der Waals surface area contributed by atoms with Crippen molar-refractivity contribution in [3.63, 3.8) is 0 Å². The molecule has 1 saturated carbocycles. The molecule has 0 bridgehead atoms. The first-order chi connectivity index (χ1) is 8.10. The van der Waals surface area contributed by atoms with Gasteiger partial charge in [0.05, 0.1) is 6.61 Å². The molecule has 1 fully saturated rings. The first-order valence-corrected chi connectivity index (χ1v) is 6.99. The lowest BCUT2D eigenvalue weighted by Gasteiger charge is -2.35. The van der Waals surface area contributed by atoms with Crippen molar-refractivity contribution in [1.82, 2.24) is 0 Å². The maximum absolute atomic E-state index is 12.0. The fourth-order valence-corrected chi connectivity index (χ4v) is 3.23. The summed E-state index contributed by atoms with van der Waals surface area (Å²) >= 11 is 0. The third kappa shape index (κ3) is 3.01. The molecule has 3 nitrogen and oxygen atoms in total. The topological polar surface area (TPSA) is 46.5 Å². The number of rotatable bonds is 6. The van der Waals surface area contributed by atoms with E-state index < -0.39 is 11.6 Å². The van der Waals surface area contributed by atoms with Crippen LogP contribution in [0.3, 0.4) is 0 Å². The van der Waals surface area contributed by atoms with Crippen molar-refractivity contribution >= 4 is 5.97 Å². The van der Waals surface area contributed by atoms with Crippen molar-refractivity contribution in [2.45, 2.75) is 64.9 Å². The largest absolute Gasteiger partial charge is 0.464 e. The summed E-state index contributed by atoms with van der Waals surface area (Å²) in [6.07, 6.45) is 5.57. The molecule has 0 aliphatic heterocycles. The van der Waals surface area contributed by atoms with Crippen LogP contribution >= 0.6 is 0 Å². The van der Waals surface area contributed by atoms with Gasteiger partial charge in [0.1, 0.15) is 0 Å². The quantitative estimate of drug-likeness (QED) is 0.728. The van der Waals surface area contributed by atoms with Crippen LogP contribution in [-0.4, -0.2) is 23.3 Å². The summed E-state index contributed by atoms with van der Waals surface area (Å²) in [6, 6.07) is 0. The van der Waals surface area contributed by atoms with Crippen LogP contribution in [0.4, 0.5) is 0 Å². The zero-order chi connectivity index (χ0) is 12.9. The average molecular weight is 242 g/mol. The summed E-state index contributed by atoms with van der Waals surface area (Å²) in [5, 5.41) is 10.7. The second-order valence-corrected chi connectivity index (χ2v) is 5.10. The minimum Gasteiger partial charge on any atom is -0.464 e. The highest BCUT2D eigenvalue weighted by molar-refractivity contribution is 5.79. The van der Waals surface area contributed by atoms with E-state index in [0.717, 1.165) is 32.1 Å². The van der Waals surface area contributed by atoms with E-state index in [9.17, 15) is 9.90 Å². The van der Waals surface area contributed by atoms with E-state index in [-0.39, 0.29) is 5.92 Å². The van der Waals surface area contributed by atoms with E-state index in [4.69, 9.17) is 4.74 Å². The molecule has 3 atom stereocenters. The zero-order valence-corrected chi connectivity index (χ0v) is 11.4. The van der Waals surface area contributed by atoms with Crippen molar-refractivity contribution in [2.75, 3.05) is 6.61 Å². The van der Waals surface area contributed by atoms with Crippen LogP contribution in [0.5, 0.6) is 0 Å². The number of aliphatic hydroxyl groups is 1. The Hall–Kier alpha value is -0.570. The molecule has 3 heteroatoms. The van der Waals surface area contributed by atoms with E-state index in [1.165, 1.54) is 0 Å². The van der Waals surface area contributed by atoms with Crippen molar-refractivity contribution in [3.05, 3.63) is 0 Å². The lowest BCUT2D eigenvalue weighted by Crippen LogP contribution is -2.48. The molecule has 3 unspecified atom stereocenters. The van der Waals surface area contributed by atoms with Gasteiger partial charge in [0, 0.05) is 5.92 Å². The van der Waals surface area contributed by atoms with Gasteiger partial charge in [-0.15, -0.1) is 0 Å². The molecular weight excluding hydrogens is 216 g/mol. The van der Waals surface area contributed by atoms with Gasteiger partial charge in [-0.05, 0) is 25.7 Å². The highest BCUT2D eigenvalue weighted by Gasteiger charge is 2.48. The number of ether oxygens (including phenoxy) is 1. The van der Waals surface area contributed by atoms with Gasteiger partial charge in [0.25, 0.3) is 0 Å². The zero-order valence-electron chi connectivity index (χ0n) is 11.4. The Balaban J connectivity index is 2.85. The molecule has 0 amide bonds. The van der Waals surface area contributed by atoms with E-state index in [1.54, 1.807) is 6.92 Å². The summed E-state index contributed by atoms with van der Waals surface area (Å²) in [4.78, 5) is 12.0. The average Bonchev–Trinajstić information content (AvgIpc) is 2.78. The van der Waals surface area contributed by atoms with Crippen molar-refractivity contribution in [3.8, 4) is 0 Å². The van der Waals surface area contributed by atoms with Gasteiger partial charge < -0.3 is 9.84 Å². The summed E-state index contributed by atoms with van der Waals surface area (Å²) < 4.78 is 5.08. The van der Waals surface area contributed by atoms with Gasteiger partial charge in [-0.3, -0.25) is 0 Å². The molecule has 0 radical (unpaired) electrons. The minimum atomic E-state index is -1.25. The van der Waals surface area contributed by atoms with Gasteiger partial charge in [-0.2, -0.15) is 0 Å². The SMILES string of the molecule is CCCC(O)(C(=O)OCC)C1CCCC1CC. The van der Waals surface area contributed by atoms with Gasteiger partial charge in [-0.25, -0.2) is 4.79 Å². The molecule has 0 heterocycles. The van der Waals surface area contributed by atoms with E-state index in [0.29, 0.717) is 18.9 Å². The smallest absolute Gasteiger partial charge is 0.338 e. The first-order valence-electron chi connectivity index (χ1n) is 6.99. The molecule has 0 aromatic carbocycles. The van der Waals surface area contributed by atoms with Crippen molar-refractivity contribution in [1.29, 1.82) is 0 Å². The lowest BCUT2D eigenvalue weighted by atomic mass is 9.76. The van der Waals surface area contributed by atoms with Crippen LogP contribution in [0.25, 0.3) is 0 Å². The first kappa shape index (κ1) is 14.5. The number of hydrogen-bond acceptors (Lipinski definition) is 3. The van der Waals surface area contributed by atoms with Crippen LogP contribution in [0.15, 0.2) is 0 Å². The van der Waals surface area contributed by atoms with Gasteiger partial charge in [0.2, 0.25) is 0 Å². The maximum atomic E-state index is 12.0. The van der Waals surface area contributed by atoms with Gasteiger partial charge in [-0.1, -0.05) is 39.5 Å². The standard InChI is InChI=1S/C14H26O3/c1-4-10-14(16,13(15)17-6-3)12-9-7-8-11(12)5-2/h11-12,16H,4-10H2,1-3H3. The van der Waals surface area contributed by atoms with Gasteiger partial charge in [0.15, 0.2) is 5.60 Å². The normalized spacial score (nSPS) is 27.8. The summed E-state index contributed by atoms with van der Waals surface area (Å²) in [7, 11) is 0. The van der Waals surface area contributed by atoms with Gasteiger partial charge >= 0.3 is 5.97 Å². The van der Waals surface area contributed by atoms with E-state index >= 15 is 0 Å². The predicted octanol–water partition coefficient (Wildman–Crippen LogP) is 2.91. The number of carbonyl (C=O) groups is 1. The van der Waals surface area contributed by atoms with Crippen LogP contribution < -0.4 is 0 Å². The molecule has 1 rings (SSSR count). The third-order valence-electron chi connectivity index (χ3n) is 4.06. The molecule has 17 heavy (non-hydrogen) atoms. The Labute approximate surface area is 105 Å². The highest BCUT2D eigenvalue weighted by atomic mass is 16.5. The molecule has 0 saturated heterocycles. The Kier molecular flexibility index (Phi) is 5.44. The van der Waals surface area contributed by atoms with Crippen molar-refractivity contribution in [2.24, 2.45) is 11.8 Å². The summed E-state index contributed by atoms with van der Waals surface area (Å²) in [5.74, 6) is 0.148. The lowest BCUT2D eigenvalue weighted by molar-refractivity contribution is -0.174. The molecule has 1 aliphatic rings. The minimum absolute atomic E-state index is 0.0894. The summed E-state index contributed by atoms with van der Waals surface area (Å²) in [6.45, 7) is 6.27. The molecule has 0 aromatic heterocycles. The molecule has 0 spiro atoms. The molecule has 0 aromatic rings. The highest BCUT2D eigenvalue weighted by Crippen LogP contribution is 2.43. The Morgan fingerprint density at radius 2 is 2.06 bits per heavy atom. The Morgan fingerprint density at radius 3 is 2.59 bits per heavy atom. The monoisotopic (exact) mass is 242 g/mol. The van der Waals surface area contributed by atoms with Crippen LogP contribution in [0.2, 0.25) is 0 Å². The molecule has 100 valence electrons. The number of hydrogen-bond donors (Lipinski definition) is 1. The van der Waals surface area contributed by atoms with Crippen LogP contribution in [0.1, 0.15) is 59.3 Å². The predicted molar refractivity (Wildman–Crippen MR) is 67.6 cm³/mol. The van der Waals surface area contributed by atoms with E-state index in [1.807, 2.05) is 6.92 Å². The fraction of sp³-hybridized carbons (Fsp3) is 0.929. The Bertz CT molecular complexity index is 252. The third-order valence-corrected chi connectivity index (χ3v) is 4.06. The number of carbonyl (C=O) groups excluding carboxylic acids is 1. The number of esters is 1. The maximum Gasteiger partial charge on any atom is 0.338 e. The molecule has 1 aliphatic carbocycles. The Morgan fingerprint density at radius 1 is 1.35 bits per heavy atom. The van der Waals surface area contributed by atoms with Crippen LogP contribution in [-0.2, 0) is 9.53 Å². The van der Waals surface area contributed by atoms with Crippen molar-refractivity contribution < 1.29 is 14.6 Å².